The maximum absolute atomic E-state index is 4.57. The van der Waals surface area contributed by atoms with E-state index in [0.717, 1.165) is 29.3 Å². The lowest BCUT2D eigenvalue weighted by molar-refractivity contribution is 0.868. The molecule has 0 bridgehead atoms. The molecule has 0 aliphatic heterocycles. The van der Waals surface area contributed by atoms with Crippen molar-refractivity contribution in [2.24, 2.45) is 11.8 Å². The maximum Gasteiger partial charge on any atom is 0.232 e. The van der Waals surface area contributed by atoms with Crippen LogP contribution >= 0.6 is 0 Å². The molecule has 0 unspecified atom stereocenters. The number of allylic oxidation sites excluding steroid dienone is 1. The van der Waals surface area contributed by atoms with E-state index in [1.165, 1.54) is 25.7 Å². The first-order valence-corrected chi connectivity index (χ1v) is 8.55. The van der Waals surface area contributed by atoms with Gasteiger partial charge in [0, 0.05) is 30.2 Å². The van der Waals surface area contributed by atoms with E-state index in [1.54, 1.807) is 6.20 Å². The molecule has 2 saturated carbocycles. The highest BCUT2D eigenvalue weighted by atomic mass is 15.2. The van der Waals surface area contributed by atoms with Crippen LogP contribution in [0.25, 0.3) is 11.4 Å². The highest BCUT2D eigenvalue weighted by Gasteiger charge is 2.25. The van der Waals surface area contributed by atoms with E-state index in [0.29, 0.717) is 23.6 Å². The second-order valence-electron chi connectivity index (χ2n) is 6.81. The van der Waals surface area contributed by atoms with Crippen LogP contribution in [0.3, 0.4) is 0 Å². The van der Waals surface area contributed by atoms with Crippen LogP contribution in [-0.2, 0) is 0 Å². The minimum atomic E-state index is 0.550. The van der Waals surface area contributed by atoms with Gasteiger partial charge in [-0.1, -0.05) is 6.58 Å². The van der Waals surface area contributed by atoms with Crippen LogP contribution in [0.2, 0.25) is 0 Å². The lowest BCUT2D eigenvalue weighted by Gasteiger charge is -2.11. The average molecular weight is 322 g/mol. The summed E-state index contributed by atoms with van der Waals surface area (Å²) >= 11 is 0. The van der Waals surface area contributed by atoms with E-state index in [-0.39, 0.29) is 0 Å². The third-order valence-electron chi connectivity index (χ3n) is 4.36. The van der Waals surface area contributed by atoms with Crippen molar-refractivity contribution in [3.63, 3.8) is 0 Å². The molecule has 0 saturated heterocycles. The average Bonchev–Trinajstić information content (AvgIpc) is 3.47. The molecule has 6 nitrogen and oxygen atoms in total. The van der Waals surface area contributed by atoms with Crippen LogP contribution in [0.1, 0.15) is 31.2 Å². The van der Waals surface area contributed by atoms with Gasteiger partial charge in [-0.15, -0.1) is 0 Å². The Balaban J connectivity index is 1.62. The molecule has 24 heavy (non-hydrogen) atoms. The minimum Gasteiger partial charge on any atom is -0.354 e. The van der Waals surface area contributed by atoms with Crippen LogP contribution in [0, 0.1) is 18.8 Å². The second-order valence-corrected chi connectivity index (χ2v) is 6.81. The molecule has 2 aromatic heterocycles. The van der Waals surface area contributed by atoms with Gasteiger partial charge in [-0.05, 0) is 56.1 Å². The van der Waals surface area contributed by atoms with E-state index in [4.69, 9.17) is 0 Å². The Morgan fingerprint density at radius 3 is 2.62 bits per heavy atom. The van der Waals surface area contributed by atoms with Crippen LogP contribution < -0.4 is 10.6 Å². The Kier molecular flexibility index (Phi) is 3.88. The lowest BCUT2D eigenvalue weighted by atomic mass is 10.2. The quantitative estimate of drug-likeness (QED) is 0.814. The third-order valence-corrected chi connectivity index (χ3v) is 4.36. The molecule has 2 N–H and O–H groups in total. The van der Waals surface area contributed by atoms with Crippen molar-refractivity contribution in [1.29, 1.82) is 0 Å². The molecule has 2 aliphatic rings. The third kappa shape index (κ3) is 3.69. The van der Waals surface area contributed by atoms with Gasteiger partial charge in [0.25, 0.3) is 0 Å². The predicted octanol–water partition coefficient (Wildman–Crippen LogP) is 3.40. The summed E-state index contributed by atoms with van der Waals surface area (Å²) in [5.41, 5.74) is 2.96. The predicted molar refractivity (Wildman–Crippen MR) is 94.5 cm³/mol. The smallest absolute Gasteiger partial charge is 0.232 e. The summed E-state index contributed by atoms with van der Waals surface area (Å²) in [6.07, 6.45) is 8.57. The summed E-state index contributed by atoms with van der Waals surface area (Å²) < 4.78 is 0. The van der Waals surface area contributed by atoms with Crippen molar-refractivity contribution in [2.45, 2.75) is 32.6 Å². The number of hydrogen-bond donors (Lipinski definition) is 2. The fourth-order valence-corrected chi connectivity index (χ4v) is 2.55. The molecule has 124 valence electrons. The number of rotatable bonds is 7. The highest BCUT2D eigenvalue weighted by molar-refractivity contribution is 5.58. The number of aromatic nitrogens is 4. The Morgan fingerprint density at radius 1 is 1.12 bits per heavy atom. The van der Waals surface area contributed by atoms with Gasteiger partial charge in [-0.2, -0.15) is 15.0 Å². The van der Waals surface area contributed by atoms with Crippen molar-refractivity contribution in [2.75, 3.05) is 17.2 Å². The van der Waals surface area contributed by atoms with Gasteiger partial charge in [0.05, 0.1) is 0 Å². The van der Waals surface area contributed by atoms with E-state index < -0.39 is 0 Å². The Hall–Kier alpha value is -2.50. The van der Waals surface area contributed by atoms with Gasteiger partial charge in [-0.3, -0.25) is 4.98 Å². The molecule has 0 radical (unpaired) electrons. The molecule has 0 spiro atoms. The van der Waals surface area contributed by atoms with Gasteiger partial charge in [-0.25, -0.2) is 0 Å². The zero-order chi connectivity index (χ0) is 16.5. The van der Waals surface area contributed by atoms with Crippen LogP contribution in [0.5, 0.6) is 0 Å². The molecule has 0 atom stereocenters. The molecule has 0 aromatic carbocycles. The summed E-state index contributed by atoms with van der Waals surface area (Å²) in [5, 5.41) is 6.59. The summed E-state index contributed by atoms with van der Waals surface area (Å²) in [6, 6.07) is 2.03. The van der Waals surface area contributed by atoms with Gasteiger partial charge in [0.2, 0.25) is 11.9 Å². The molecule has 2 aliphatic carbocycles. The number of aryl methyl sites for hydroxylation is 1. The zero-order valence-corrected chi connectivity index (χ0v) is 13.9. The fraction of sp³-hybridized carbons (Fsp3) is 0.444. The topological polar surface area (TPSA) is 75.6 Å². The van der Waals surface area contributed by atoms with Crippen molar-refractivity contribution in [3.05, 3.63) is 36.3 Å². The highest BCUT2D eigenvalue weighted by Crippen LogP contribution is 2.35. The number of nitrogens with zero attached hydrogens (tertiary/aromatic N) is 4. The molecule has 2 heterocycles. The van der Waals surface area contributed by atoms with Gasteiger partial charge < -0.3 is 10.6 Å². The Morgan fingerprint density at radius 2 is 1.92 bits per heavy atom. The first-order valence-electron chi connectivity index (χ1n) is 8.55. The van der Waals surface area contributed by atoms with Gasteiger partial charge in [0.15, 0.2) is 5.82 Å². The number of hydrogen-bond acceptors (Lipinski definition) is 6. The molecule has 6 heteroatoms. The molecule has 2 fully saturated rings. The Bertz CT molecular complexity index is 764. The van der Waals surface area contributed by atoms with Crippen molar-refractivity contribution < 1.29 is 0 Å². The van der Waals surface area contributed by atoms with Crippen LogP contribution in [0.15, 0.2) is 30.7 Å². The fourth-order valence-electron chi connectivity index (χ4n) is 2.55. The maximum atomic E-state index is 4.57. The van der Waals surface area contributed by atoms with E-state index in [2.05, 4.69) is 37.1 Å². The number of pyridine rings is 1. The SMILES string of the molecule is C=C(Nc1nc(NCC2CC2)nc(-c2cncc(C)c2)n1)C1CC1. The van der Waals surface area contributed by atoms with E-state index in [1.807, 2.05) is 19.2 Å². The summed E-state index contributed by atoms with van der Waals surface area (Å²) in [4.78, 5) is 17.9. The standard InChI is InChI=1S/C18H22N6/c1-11-7-15(10-19-8-11)16-22-17(20-9-13-3-4-13)24-18(23-16)21-12(2)14-5-6-14/h7-8,10,13-14H,2-6,9H2,1H3,(H2,20,21,22,23,24). The molecule has 0 amide bonds. The van der Waals surface area contributed by atoms with Gasteiger partial charge >= 0.3 is 0 Å². The van der Waals surface area contributed by atoms with Crippen LogP contribution in [0.4, 0.5) is 11.9 Å². The summed E-state index contributed by atoms with van der Waals surface area (Å²) in [6.45, 7) is 7.03. The number of anilines is 2. The van der Waals surface area contributed by atoms with E-state index in [9.17, 15) is 0 Å². The summed E-state index contributed by atoms with van der Waals surface area (Å²) in [7, 11) is 0. The first-order chi connectivity index (χ1) is 11.7. The Labute approximate surface area is 141 Å². The molecular formula is C18H22N6. The number of nitrogens with one attached hydrogen (secondary N) is 2. The summed E-state index contributed by atoms with van der Waals surface area (Å²) in [5.74, 6) is 3.10. The normalized spacial score (nSPS) is 16.7. The molecule has 4 rings (SSSR count). The minimum absolute atomic E-state index is 0.550. The van der Waals surface area contributed by atoms with E-state index >= 15 is 0 Å². The van der Waals surface area contributed by atoms with Gasteiger partial charge in [0.1, 0.15) is 0 Å². The lowest BCUT2D eigenvalue weighted by Crippen LogP contribution is -2.12. The van der Waals surface area contributed by atoms with Crippen molar-refractivity contribution in [3.8, 4) is 11.4 Å². The first kappa shape index (κ1) is 15.1. The largest absolute Gasteiger partial charge is 0.354 e. The zero-order valence-electron chi connectivity index (χ0n) is 13.9. The second kappa shape index (κ2) is 6.19. The molecule has 2 aromatic rings. The van der Waals surface area contributed by atoms with Crippen molar-refractivity contribution >= 4 is 11.9 Å². The van der Waals surface area contributed by atoms with Crippen molar-refractivity contribution in [1.82, 2.24) is 19.9 Å². The molecular weight excluding hydrogens is 300 g/mol. The van der Waals surface area contributed by atoms with Crippen LogP contribution in [-0.4, -0.2) is 26.5 Å². The monoisotopic (exact) mass is 322 g/mol.